The maximum atomic E-state index is 5.37. The fourth-order valence-electron chi connectivity index (χ4n) is 0.427. The summed E-state index contributed by atoms with van der Waals surface area (Å²) in [6.07, 6.45) is 0. The van der Waals surface area contributed by atoms with Gasteiger partial charge in [-0.05, 0) is 0 Å². The first-order valence-electron chi connectivity index (χ1n) is 2.44. The minimum atomic E-state index is 0.267. The molecule has 0 aliphatic heterocycles. The minimum Gasteiger partial charge on any atom is -0.338 e. The molecule has 1 aromatic heterocycles. The van der Waals surface area contributed by atoms with Crippen LogP contribution in [0.5, 0.6) is 0 Å². The normalized spacial score (nSPS) is 10.0. The van der Waals surface area contributed by atoms with Gasteiger partial charge in [0.2, 0.25) is 5.89 Å². The van der Waals surface area contributed by atoms with Gasteiger partial charge in [0.05, 0.1) is 12.4 Å². The third-order valence-corrected chi connectivity index (χ3v) is 1.04. The van der Waals surface area contributed by atoms with Crippen LogP contribution < -0.4 is 5.73 Å². The Kier molecular flexibility index (Phi) is 2.02. The lowest BCUT2D eigenvalue weighted by Gasteiger charge is -1.77. The van der Waals surface area contributed by atoms with E-state index in [9.17, 15) is 0 Å². The van der Waals surface area contributed by atoms with Gasteiger partial charge in [0.25, 0.3) is 0 Å². The predicted octanol–water partition coefficient (Wildman–Crippen LogP) is 0.267. The molecule has 2 N–H and O–H groups in total. The second kappa shape index (κ2) is 2.80. The summed E-state index contributed by atoms with van der Waals surface area (Å²) in [7, 11) is 0. The molecule has 9 heavy (non-hydrogen) atoms. The lowest BCUT2D eigenvalue weighted by Crippen LogP contribution is -1.95. The molecule has 1 heterocycles. The molecule has 0 spiro atoms. The topological polar surface area (TPSA) is 64.9 Å². The van der Waals surface area contributed by atoms with E-state index in [2.05, 4.69) is 14.7 Å². The van der Waals surface area contributed by atoms with Crippen LogP contribution in [0.25, 0.3) is 0 Å². The SMILES string of the molecule is NCc1nc(CCl)no1. The fourth-order valence-corrected chi connectivity index (χ4v) is 0.536. The molecule has 0 radical (unpaired) electrons. The van der Waals surface area contributed by atoms with Crippen LogP contribution in [0.15, 0.2) is 4.52 Å². The van der Waals surface area contributed by atoms with Crippen LogP contribution in [0.2, 0.25) is 0 Å². The summed E-state index contributed by atoms with van der Waals surface area (Å²) in [4.78, 5) is 3.81. The van der Waals surface area contributed by atoms with E-state index in [0.717, 1.165) is 0 Å². The van der Waals surface area contributed by atoms with E-state index in [0.29, 0.717) is 11.7 Å². The third kappa shape index (κ3) is 1.40. The quantitative estimate of drug-likeness (QED) is 0.610. The maximum absolute atomic E-state index is 5.37. The number of hydrogen-bond acceptors (Lipinski definition) is 4. The van der Waals surface area contributed by atoms with E-state index < -0.39 is 0 Å². The van der Waals surface area contributed by atoms with Gasteiger partial charge in [0, 0.05) is 0 Å². The van der Waals surface area contributed by atoms with Crippen LogP contribution in [-0.4, -0.2) is 10.1 Å². The Bertz CT molecular complexity index is 169. The molecular formula is C4H6ClN3O. The smallest absolute Gasteiger partial charge is 0.240 e. The number of hydrogen-bond donors (Lipinski definition) is 1. The summed E-state index contributed by atoms with van der Waals surface area (Å²) in [6, 6.07) is 0. The molecule has 50 valence electrons. The minimum absolute atomic E-state index is 0.267. The van der Waals surface area contributed by atoms with Gasteiger partial charge in [-0.3, -0.25) is 0 Å². The summed E-state index contributed by atoms with van der Waals surface area (Å²) in [6.45, 7) is 0.268. The molecule has 0 saturated carbocycles. The molecule has 0 fully saturated rings. The van der Waals surface area contributed by atoms with Gasteiger partial charge in [-0.1, -0.05) is 5.16 Å². The standard InChI is InChI=1S/C4H6ClN3O/c5-1-3-7-4(2-6)9-8-3/h1-2,6H2. The average Bonchev–Trinajstić information content (AvgIpc) is 2.34. The van der Waals surface area contributed by atoms with E-state index in [4.69, 9.17) is 17.3 Å². The molecular weight excluding hydrogens is 142 g/mol. The molecule has 4 nitrogen and oxygen atoms in total. The molecule has 0 aliphatic rings. The largest absolute Gasteiger partial charge is 0.338 e. The number of alkyl halides is 1. The Labute approximate surface area is 57.0 Å². The lowest BCUT2D eigenvalue weighted by atomic mass is 10.6. The molecule has 0 aliphatic carbocycles. The van der Waals surface area contributed by atoms with Gasteiger partial charge < -0.3 is 10.3 Å². The number of nitrogens with two attached hydrogens (primary N) is 1. The van der Waals surface area contributed by atoms with Gasteiger partial charge >= 0.3 is 0 Å². The van der Waals surface area contributed by atoms with E-state index in [1.54, 1.807) is 0 Å². The Morgan fingerprint density at radius 2 is 2.44 bits per heavy atom. The van der Waals surface area contributed by atoms with Gasteiger partial charge in [0.1, 0.15) is 0 Å². The van der Waals surface area contributed by atoms with E-state index in [1.165, 1.54) is 0 Å². The summed E-state index contributed by atoms with van der Waals surface area (Å²) < 4.78 is 4.63. The molecule has 1 rings (SSSR count). The van der Waals surface area contributed by atoms with Gasteiger partial charge in [-0.15, -0.1) is 11.6 Å². The average molecular weight is 148 g/mol. The van der Waals surface area contributed by atoms with Crippen LogP contribution in [0.3, 0.4) is 0 Å². The van der Waals surface area contributed by atoms with E-state index in [-0.39, 0.29) is 12.4 Å². The molecule has 0 bridgehead atoms. The van der Waals surface area contributed by atoms with Gasteiger partial charge in [-0.2, -0.15) is 4.98 Å². The Balaban J connectivity index is 2.74. The Morgan fingerprint density at radius 1 is 1.67 bits per heavy atom. The molecule has 0 aromatic carbocycles. The first kappa shape index (κ1) is 6.51. The highest BCUT2D eigenvalue weighted by molar-refractivity contribution is 6.16. The fraction of sp³-hybridized carbons (Fsp3) is 0.500. The molecule has 0 atom stereocenters. The summed E-state index contributed by atoms with van der Waals surface area (Å²) in [5.41, 5.74) is 5.18. The molecule has 5 heteroatoms. The van der Waals surface area contributed by atoms with E-state index in [1.807, 2.05) is 0 Å². The van der Waals surface area contributed by atoms with Crippen LogP contribution in [-0.2, 0) is 12.4 Å². The predicted molar refractivity (Wildman–Crippen MR) is 31.7 cm³/mol. The molecule has 0 amide bonds. The highest BCUT2D eigenvalue weighted by Gasteiger charge is 2.00. The van der Waals surface area contributed by atoms with E-state index >= 15 is 0 Å². The van der Waals surface area contributed by atoms with Crippen molar-refractivity contribution in [2.75, 3.05) is 0 Å². The van der Waals surface area contributed by atoms with Crippen LogP contribution in [0.1, 0.15) is 11.7 Å². The van der Waals surface area contributed by atoms with Crippen molar-refractivity contribution < 1.29 is 4.52 Å². The van der Waals surface area contributed by atoms with Crippen molar-refractivity contribution >= 4 is 11.6 Å². The van der Waals surface area contributed by atoms with Crippen molar-refractivity contribution in [2.24, 2.45) is 5.73 Å². The molecule has 0 saturated heterocycles. The van der Waals surface area contributed by atoms with Crippen LogP contribution >= 0.6 is 11.6 Å². The van der Waals surface area contributed by atoms with Crippen LogP contribution in [0, 0.1) is 0 Å². The lowest BCUT2D eigenvalue weighted by molar-refractivity contribution is 0.376. The third-order valence-electron chi connectivity index (χ3n) is 0.804. The Morgan fingerprint density at radius 3 is 2.78 bits per heavy atom. The number of aromatic nitrogens is 2. The van der Waals surface area contributed by atoms with Gasteiger partial charge in [-0.25, -0.2) is 0 Å². The Hall–Kier alpha value is -0.610. The highest BCUT2D eigenvalue weighted by Crippen LogP contribution is 1.97. The number of halogens is 1. The van der Waals surface area contributed by atoms with Crippen molar-refractivity contribution in [3.8, 4) is 0 Å². The second-order valence-corrected chi connectivity index (χ2v) is 1.71. The maximum Gasteiger partial charge on any atom is 0.240 e. The van der Waals surface area contributed by atoms with Crippen molar-refractivity contribution in [1.29, 1.82) is 0 Å². The van der Waals surface area contributed by atoms with Crippen molar-refractivity contribution in [3.63, 3.8) is 0 Å². The second-order valence-electron chi connectivity index (χ2n) is 1.44. The molecule has 1 aromatic rings. The summed E-state index contributed by atoms with van der Waals surface area (Å²) in [5.74, 6) is 1.17. The zero-order chi connectivity index (χ0) is 6.69. The number of rotatable bonds is 2. The zero-order valence-electron chi connectivity index (χ0n) is 4.67. The van der Waals surface area contributed by atoms with Crippen LogP contribution in [0.4, 0.5) is 0 Å². The first-order chi connectivity index (χ1) is 4.36. The van der Waals surface area contributed by atoms with Crippen molar-refractivity contribution in [2.45, 2.75) is 12.4 Å². The summed E-state index contributed by atoms with van der Waals surface area (Å²) in [5, 5.41) is 3.51. The van der Waals surface area contributed by atoms with Crippen molar-refractivity contribution in [3.05, 3.63) is 11.7 Å². The molecule has 0 unspecified atom stereocenters. The van der Waals surface area contributed by atoms with Gasteiger partial charge in [0.15, 0.2) is 5.82 Å². The summed E-state index contributed by atoms with van der Waals surface area (Å²) >= 11 is 5.37. The van der Waals surface area contributed by atoms with Crippen molar-refractivity contribution in [1.82, 2.24) is 10.1 Å². The monoisotopic (exact) mass is 147 g/mol. The first-order valence-corrected chi connectivity index (χ1v) is 2.97. The zero-order valence-corrected chi connectivity index (χ0v) is 5.43. The number of nitrogens with zero attached hydrogens (tertiary/aromatic N) is 2. The highest BCUT2D eigenvalue weighted by atomic mass is 35.5.